The van der Waals surface area contributed by atoms with Crippen LogP contribution in [0, 0.1) is 0 Å². The predicted molar refractivity (Wildman–Crippen MR) is 156 cm³/mol. The number of hydrogen-bond donors (Lipinski definition) is 5. The van der Waals surface area contributed by atoms with Crippen molar-refractivity contribution in [2.45, 2.75) is 38.3 Å². The number of rotatable bonds is 6. The van der Waals surface area contributed by atoms with E-state index in [1.807, 2.05) is 9.80 Å². The number of amides is 2. The van der Waals surface area contributed by atoms with Gasteiger partial charge in [0.05, 0.1) is 5.56 Å². The zero-order chi connectivity index (χ0) is 29.3. The van der Waals surface area contributed by atoms with E-state index in [0.29, 0.717) is 43.6 Å². The van der Waals surface area contributed by atoms with Crippen LogP contribution in [0.5, 0.6) is 0 Å². The van der Waals surface area contributed by atoms with Gasteiger partial charge >= 0.3 is 0 Å². The third-order valence-corrected chi connectivity index (χ3v) is 8.03. The Morgan fingerprint density at radius 3 is 2.46 bits per heavy atom. The molecular formula is C25H31Cl2N11O3. The SMILES string of the molecule is CC[C@H]1CN(c2nc(N)c(C(=O)Nc3cc(=O)[nH][nH]3)nc2Cl)CCN1C1CCN(C(=O)c2ccc(Cl)nc2N)CC1. The molecule has 1 atom stereocenters. The smallest absolute Gasteiger partial charge is 0.279 e. The number of pyridine rings is 1. The van der Waals surface area contributed by atoms with Crippen LogP contribution in [0.4, 0.5) is 23.3 Å². The van der Waals surface area contributed by atoms with E-state index < -0.39 is 11.5 Å². The first kappa shape index (κ1) is 28.6. The molecule has 5 heterocycles. The average Bonchev–Trinajstić information content (AvgIpc) is 3.37. The largest absolute Gasteiger partial charge is 0.383 e. The Morgan fingerprint density at radius 2 is 1.80 bits per heavy atom. The monoisotopic (exact) mass is 603 g/mol. The topological polar surface area (TPSA) is 195 Å². The number of hydrogen-bond acceptors (Lipinski definition) is 10. The number of piperazine rings is 1. The highest BCUT2D eigenvalue weighted by atomic mass is 35.5. The van der Waals surface area contributed by atoms with Crippen molar-refractivity contribution < 1.29 is 9.59 Å². The summed E-state index contributed by atoms with van der Waals surface area (Å²) in [6.45, 7) is 5.45. The van der Waals surface area contributed by atoms with Crippen molar-refractivity contribution in [3.05, 3.63) is 50.1 Å². The predicted octanol–water partition coefficient (Wildman–Crippen LogP) is 1.82. The molecular weight excluding hydrogens is 573 g/mol. The van der Waals surface area contributed by atoms with Crippen LogP contribution in [0.15, 0.2) is 23.0 Å². The first-order chi connectivity index (χ1) is 19.6. The fourth-order valence-electron chi connectivity index (χ4n) is 5.48. The number of H-pyrrole nitrogens is 2. The number of nitrogens with two attached hydrogens (primary N) is 2. The molecule has 14 nitrogen and oxygen atoms in total. The van der Waals surface area contributed by atoms with Gasteiger partial charge in [0, 0.05) is 50.9 Å². The highest BCUT2D eigenvalue weighted by molar-refractivity contribution is 6.32. The second kappa shape index (κ2) is 11.9. The Hall–Kier alpha value is -3.88. The molecule has 41 heavy (non-hydrogen) atoms. The van der Waals surface area contributed by atoms with Gasteiger partial charge in [-0.15, -0.1) is 0 Å². The van der Waals surface area contributed by atoms with Gasteiger partial charge in [-0.2, -0.15) is 0 Å². The lowest BCUT2D eigenvalue weighted by molar-refractivity contribution is 0.0491. The van der Waals surface area contributed by atoms with Gasteiger partial charge in [-0.1, -0.05) is 30.1 Å². The van der Waals surface area contributed by atoms with Crippen molar-refractivity contribution in [1.29, 1.82) is 0 Å². The van der Waals surface area contributed by atoms with Gasteiger partial charge in [-0.3, -0.25) is 29.5 Å². The number of nitrogen functional groups attached to an aromatic ring is 2. The number of carbonyl (C=O) groups excluding carboxylic acids is 2. The van der Waals surface area contributed by atoms with Crippen LogP contribution < -0.4 is 27.2 Å². The van der Waals surface area contributed by atoms with Gasteiger partial charge in [0.15, 0.2) is 22.5 Å². The van der Waals surface area contributed by atoms with Crippen LogP contribution in [0.1, 0.15) is 47.0 Å². The van der Waals surface area contributed by atoms with Gasteiger partial charge in [-0.25, -0.2) is 15.0 Å². The molecule has 0 aromatic carbocycles. The van der Waals surface area contributed by atoms with Crippen LogP contribution in [-0.2, 0) is 0 Å². The number of aromatic amines is 2. The highest BCUT2D eigenvalue weighted by Crippen LogP contribution is 2.30. The van der Waals surface area contributed by atoms with Gasteiger partial charge in [0.2, 0.25) is 0 Å². The summed E-state index contributed by atoms with van der Waals surface area (Å²) >= 11 is 12.4. The van der Waals surface area contributed by atoms with E-state index in [1.54, 1.807) is 12.1 Å². The molecule has 0 spiro atoms. The average molecular weight is 605 g/mol. The summed E-state index contributed by atoms with van der Waals surface area (Å²) in [6, 6.07) is 4.93. The van der Waals surface area contributed by atoms with Gasteiger partial charge in [0.1, 0.15) is 16.8 Å². The molecule has 7 N–H and O–H groups in total. The number of carbonyl (C=O) groups is 2. The van der Waals surface area contributed by atoms with Gasteiger partial charge in [-0.05, 0) is 31.4 Å². The van der Waals surface area contributed by atoms with E-state index in [1.165, 1.54) is 6.07 Å². The van der Waals surface area contributed by atoms with Crippen molar-refractivity contribution >= 4 is 58.3 Å². The Morgan fingerprint density at radius 1 is 1.05 bits per heavy atom. The molecule has 2 fully saturated rings. The first-order valence-corrected chi connectivity index (χ1v) is 14.0. The molecule has 0 aliphatic carbocycles. The van der Waals surface area contributed by atoms with Crippen LogP contribution in [-0.4, -0.2) is 91.6 Å². The van der Waals surface area contributed by atoms with Crippen LogP contribution in [0.25, 0.3) is 0 Å². The molecule has 2 aliphatic heterocycles. The summed E-state index contributed by atoms with van der Waals surface area (Å²) in [5.41, 5.74) is 11.9. The molecule has 0 saturated carbocycles. The van der Waals surface area contributed by atoms with Crippen molar-refractivity contribution in [1.82, 2.24) is 34.9 Å². The molecule has 16 heteroatoms. The van der Waals surface area contributed by atoms with Crippen molar-refractivity contribution in [3.8, 4) is 0 Å². The second-order valence-electron chi connectivity index (χ2n) is 10.0. The minimum atomic E-state index is -0.644. The summed E-state index contributed by atoms with van der Waals surface area (Å²) in [5, 5.41) is 7.68. The third-order valence-electron chi connectivity index (χ3n) is 7.56. The second-order valence-corrected chi connectivity index (χ2v) is 10.8. The quantitative estimate of drug-likeness (QED) is 0.259. The zero-order valence-corrected chi connectivity index (χ0v) is 23.9. The van der Waals surface area contributed by atoms with E-state index in [0.717, 1.165) is 25.8 Å². The Bertz CT molecular complexity index is 1500. The summed E-state index contributed by atoms with van der Waals surface area (Å²) in [5.74, 6) is -0.113. The maximum atomic E-state index is 13.0. The normalized spacial score (nSPS) is 18.5. The van der Waals surface area contributed by atoms with E-state index in [9.17, 15) is 14.4 Å². The molecule has 0 radical (unpaired) electrons. The van der Waals surface area contributed by atoms with E-state index in [4.69, 9.17) is 34.7 Å². The lowest BCUT2D eigenvalue weighted by Gasteiger charge is -2.47. The van der Waals surface area contributed by atoms with Crippen LogP contribution in [0.3, 0.4) is 0 Å². The molecule has 2 aliphatic rings. The number of nitrogens with one attached hydrogen (secondary N) is 3. The molecule has 3 aromatic rings. The number of nitrogens with zero attached hydrogens (tertiary/aromatic N) is 6. The minimum Gasteiger partial charge on any atom is -0.383 e. The Labute approximate surface area is 245 Å². The maximum Gasteiger partial charge on any atom is 0.279 e. The number of likely N-dealkylation sites (tertiary alicyclic amines) is 1. The minimum absolute atomic E-state index is 0.0659. The van der Waals surface area contributed by atoms with Gasteiger partial charge < -0.3 is 26.6 Å². The number of halogens is 2. The van der Waals surface area contributed by atoms with Crippen molar-refractivity contribution in [3.63, 3.8) is 0 Å². The number of piperidine rings is 1. The van der Waals surface area contributed by atoms with Crippen LogP contribution >= 0.6 is 23.2 Å². The molecule has 3 aromatic heterocycles. The van der Waals surface area contributed by atoms with E-state index in [2.05, 4.69) is 42.3 Å². The van der Waals surface area contributed by atoms with Crippen molar-refractivity contribution in [2.24, 2.45) is 0 Å². The molecule has 218 valence electrons. The maximum absolute atomic E-state index is 13.0. The fourth-order valence-corrected chi connectivity index (χ4v) is 5.88. The fraction of sp³-hybridized carbons (Fsp3) is 0.440. The molecule has 0 bridgehead atoms. The Balaban J connectivity index is 1.21. The molecule has 2 saturated heterocycles. The molecule has 5 rings (SSSR count). The summed E-state index contributed by atoms with van der Waals surface area (Å²) in [6.07, 6.45) is 2.58. The summed E-state index contributed by atoms with van der Waals surface area (Å²) in [4.78, 5) is 55.9. The van der Waals surface area contributed by atoms with Crippen LogP contribution in [0.2, 0.25) is 10.3 Å². The lowest BCUT2D eigenvalue weighted by Crippen LogP contribution is -2.58. The molecule has 0 unspecified atom stereocenters. The van der Waals surface area contributed by atoms with Crippen molar-refractivity contribution in [2.75, 3.05) is 54.4 Å². The summed E-state index contributed by atoms with van der Waals surface area (Å²) < 4.78 is 0. The standard InChI is InChI=1S/C25H31Cl2N11O3/c1-2-13-12-37(23-20(27)32-19(22(29)33-23)24(40)31-17-11-18(39)35-34-17)9-10-38(13)14-5-7-36(8-6-14)25(41)15-3-4-16(26)30-21(15)28/h3-4,11,13-14H,2,5-10,12H2,1H3,(H2,28,30)(H2,29,33)(H3,31,34,35,39,40)/t13-/m0/s1. The highest BCUT2D eigenvalue weighted by Gasteiger charge is 2.35. The number of aromatic nitrogens is 5. The molecule has 2 amide bonds. The zero-order valence-electron chi connectivity index (χ0n) is 22.4. The first-order valence-electron chi connectivity index (χ1n) is 13.3. The Kier molecular flexibility index (Phi) is 8.33. The lowest BCUT2D eigenvalue weighted by atomic mass is 9.97. The van der Waals surface area contributed by atoms with E-state index >= 15 is 0 Å². The van der Waals surface area contributed by atoms with Gasteiger partial charge in [0.25, 0.3) is 17.4 Å². The number of anilines is 4. The van der Waals surface area contributed by atoms with E-state index in [-0.39, 0.29) is 45.4 Å². The summed E-state index contributed by atoms with van der Waals surface area (Å²) in [7, 11) is 0. The third kappa shape index (κ3) is 6.09.